The van der Waals surface area contributed by atoms with E-state index in [0.29, 0.717) is 0 Å². The van der Waals surface area contributed by atoms with Crippen molar-refractivity contribution in [1.29, 1.82) is 0 Å². The zero-order valence-corrected chi connectivity index (χ0v) is 10.6. The first-order valence-electron chi connectivity index (χ1n) is 6.09. The summed E-state index contributed by atoms with van der Waals surface area (Å²) in [5, 5.41) is 8.52. The molecule has 0 aliphatic heterocycles. The van der Waals surface area contributed by atoms with E-state index in [9.17, 15) is 4.79 Å². The van der Waals surface area contributed by atoms with Gasteiger partial charge in [-0.2, -0.15) is 0 Å². The standard InChI is InChI=1S/C14H21NO2/c1-12-7-6-8-13(11-12)15(2)10-5-3-4-9-14(16)17/h6-8,11H,3-5,9-10H2,1-2H3,(H,16,17). The van der Waals surface area contributed by atoms with Gasteiger partial charge in [-0.1, -0.05) is 18.6 Å². The molecular formula is C14H21NO2. The Bertz CT molecular complexity index is 363. The maximum Gasteiger partial charge on any atom is 0.303 e. The van der Waals surface area contributed by atoms with Gasteiger partial charge in [0.15, 0.2) is 0 Å². The van der Waals surface area contributed by atoms with E-state index >= 15 is 0 Å². The number of aryl methyl sites for hydroxylation is 1. The summed E-state index contributed by atoms with van der Waals surface area (Å²) < 4.78 is 0. The van der Waals surface area contributed by atoms with Gasteiger partial charge in [-0.15, -0.1) is 0 Å². The molecule has 94 valence electrons. The third-order valence-electron chi connectivity index (χ3n) is 2.83. The highest BCUT2D eigenvalue weighted by Gasteiger charge is 2.01. The smallest absolute Gasteiger partial charge is 0.303 e. The number of anilines is 1. The van der Waals surface area contributed by atoms with E-state index in [4.69, 9.17) is 5.11 Å². The Balaban J connectivity index is 2.25. The molecular weight excluding hydrogens is 214 g/mol. The number of carboxylic acid groups (broad SMARTS) is 1. The Morgan fingerprint density at radius 3 is 2.71 bits per heavy atom. The van der Waals surface area contributed by atoms with Crippen molar-refractivity contribution in [3.63, 3.8) is 0 Å². The molecule has 17 heavy (non-hydrogen) atoms. The summed E-state index contributed by atoms with van der Waals surface area (Å²) in [7, 11) is 2.08. The molecule has 3 heteroatoms. The normalized spacial score (nSPS) is 10.2. The van der Waals surface area contributed by atoms with Crippen molar-refractivity contribution in [3.05, 3.63) is 29.8 Å². The van der Waals surface area contributed by atoms with Gasteiger partial charge in [0.2, 0.25) is 0 Å². The first-order chi connectivity index (χ1) is 8.09. The molecule has 0 fully saturated rings. The summed E-state index contributed by atoms with van der Waals surface area (Å²) >= 11 is 0. The molecule has 1 rings (SSSR count). The minimum absolute atomic E-state index is 0.286. The summed E-state index contributed by atoms with van der Waals surface area (Å²) in [4.78, 5) is 12.6. The van der Waals surface area contributed by atoms with Gasteiger partial charge in [0, 0.05) is 25.7 Å². The molecule has 0 heterocycles. The highest BCUT2D eigenvalue weighted by Crippen LogP contribution is 2.15. The number of benzene rings is 1. The fraction of sp³-hybridized carbons (Fsp3) is 0.500. The fourth-order valence-corrected chi connectivity index (χ4v) is 1.80. The maximum absolute atomic E-state index is 10.3. The third kappa shape index (κ3) is 5.38. The molecule has 0 unspecified atom stereocenters. The number of hydrogen-bond donors (Lipinski definition) is 1. The minimum atomic E-state index is -0.697. The minimum Gasteiger partial charge on any atom is -0.481 e. The molecule has 0 spiro atoms. The first-order valence-corrected chi connectivity index (χ1v) is 6.09. The Morgan fingerprint density at radius 2 is 2.06 bits per heavy atom. The van der Waals surface area contributed by atoms with Crippen molar-refractivity contribution in [2.45, 2.75) is 32.6 Å². The second-order valence-corrected chi connectivity index (χ2v) is 4.46. The van der Waals surface area contributed by atoms with Crippen LogP contribution in [0.5, 0.6) is 0 Å². The summed E-state index contributed by atoms with van der Waals surface area (Å²) in [6, 6.07) is 8.41. The SMILES string of the molecule is Cc1cccc(N(C)CCCCCC(=O)O)c1. The van der Waals surface area contributed by atoms with Crippen molar-refractivity contribution in [2.24, 2.45) is 0 Å². The summed E-state index contributed by atoms with van der Waals surface area (Å²) in [6.45, 7) is 3.06. The Morgan fingerprint density at radius 1 is 1.29 bits per heavy atom. The Kier molecular flexibility index (Phi) is 5.53. The summed E-state index contributed by atoms with van der Waals surface area (Å²) in [6.07, 6.45) is 3.07. The number of unbranched alkanes of at least 4 members (excludes halogenated alkanes) is 2. The molecule has 0 radical (unpaired) electrons. The number of nitrogens with zero attached hydrogens (tertiary/aromatic N) is 1. The molecule has 0 saturated carbocycles. The van der Waals surface area contributed by atoms with E-state index in [1.807, 2.05) is 0 Å². The highest BCUT2D eigenvalue weighted by atomic mass is 16.4. The third-order valence-corrected chi connectivity index (χ3v) is 2.83. The monoisotopic (exact) mass is 235 g/mol. The Labute approximate surface area is 103 Å². The van der Waals surface area contributed by atoms with Crippen LogP contribution < -0.4 is 4.90 Å². The van der Waals surface area contributed by atoms with Crippen molar-refractivity contribution >= 4 is 11.7 Å². The van der Waals surface area contributed by atoms with Crippen LogP contribution in [0, 0.1) is 6.92 Å². The van der Waals surface area contributed by atoms with Crippen molar-refractivity contribution in [3.8, 4) is 0 Å². The molecule has 0 saturated heterocycles. The zero-order chi connectivity index (χ0) is 12.7. The van der Waals surface area contributed by atoms with E-state index in [1.165, 1.54) is 11.3 Å². The van der Waals surface area contributed by atoms with Crippen LogP contribution in [0.4, 0.5) is 5.69 Å². The van der Waals surface area contributed by atoms with E-state index < -0.39 is 5.97 Å². The van der Waals surface area contributed by atoms with Crippen molar-refractivity contribution in [2.75, 3.05) is 18.5 Å². The van der Waals surface area contributed by atoms with Crippen LogP contribution in [0.25, 0.3) is 0 Å². The van der Waals surface area contributed by atoms with Crippen LogP contribution in [-0.2, 0) is 4.79 Å². The average molecular weight is 235 g/mol. The van der Waals surface area contributed by atoms with Gasteiger partial charge in [-0.25, -0.2) is 0 Å². The van der Waals surface area contributed by atoms with Gasteiger partial charge >= 0.3 is 5.97 Å². The second-order valence-electron chi connectivity index (χ2n) is 4.46. The van der Waals surface area contributed by atoms with Crippen LogP contribution in [-0.4, -0.2) is 24.7 Å². The van der Waals surface area contributed by atoms with Crippen LogP contribution in [0.15, 0.2) is 24.3 Å². The molecule has 0 aromatic heterocycles. The van der Waals surface area contributed by atoms with Crippen LogP contribution >= 0.6 is 0 Å². The lowest BCUT2D eigenvalue weighted by Gasteiger charge is -2.19. The molecule has 0 bridgehead atoms. The predicted octanol–water partition coefficient (Wildman–Crippen LogP) is 3.08. The zero-order valence-electron chi connectivity index (χ0n) is 10.6. The van der Waals surface area contributed by atoms with Gasteiger partial charge < -0.3 is 10.0 Å². The van der Waals surface area contributed by atoms with Crippen molar-refractivity contribution < 1.29 is 9.90 Å². The second kappa shape index (κ2) is 6.94. The number of carboxylic acids is 1. The van der Waals surface area contributed by atoms with Gasteiger partial charge in [0.05, 0.1) is 0 Å². The number of carbonyl (C=O) groups is 1. The lowest BCUT2D eigenvalue weighted by atomic mass is 10.1. The molecule has 1 aromatic rings. The molecule has 0 atom stereocenters. The topological polar surface area (TPSA) is 40.5 Å². The highest BCUT2D eigenvalue weighted by molar-refractivity contribution is 5.66. The Hall–Kier alpha value is -1.51. The molecule has 1 N–H and O–H groups in total. The van der Waals surface area contributed by atoms with Gasteiger partial charge in [-0.05, 0) is 37.5 Å². The van der Waals surface area contributed by atoms with E-state index in [0.717, 1.165) is 25.8 Å². The fourth-order valence-electron chi connectivity index (χ4n) is 1.80. The molecule has 3 nitrogen and oxygen atoms in total. The molecule has 1 aromatic carbocycles. The van der Waals surface area contributed by atoms with Gasteiger partial charge in [-0.3, -0.25) is 4.79 Å². The van der Waals surface area contributed by atoms with E-state index in [1.54, 1.807) is 0 Å². The van der Waals surface area contributed by atoms with Gasteiger partial charge in [0.25, 0.3) is 0 Å². The largest absolute Gasteiger partial charge is 0.481 e. The lowest BCUT2D eigenvalue weighted by molar-refractivity contribution is -0.137. The molecule has 0 amide bonds. The quantitative estimate of drug-likeness (QED) is 0.738. The number of hydrogen-bond acceptors (Lipinski definition) is 2. The maximum atomic E-state index is 10.3. The average Bonchev–Trinajstić information content (AvgIpc) is 2.28. The van der Waals surface area contributed by atoms with Crippen LogP contribution in [0.2, 0.25) is 0 Å². The van der Waals surface area contributed by atoms with Crippen molar-refractivity contribution in [1.82, 2.24) is 0 Å². The first kappa shape index (κ1) is 13.6. The lowest BCUT2D eigenvalue weighted by Crippen LogP contribution is -2.18. The number of rotatable bonds is 7. The molecule has 0 aliphatic carbocycles. The van der Waals surface area contributed by atoms with Crippen LogP contribution in [0.3, 0.4) is 0 Å². The summed E-state index contributed by atoms with van der Waals surface area (Å²) in [5.74, 6) is -0.697. The number of aliphatic carboxylic acids is 1. The predicted molar refractivity (Wildman–Crippen MR) is 70.6 cm³/mol. The van der Waals surface area contributed by atoms with Gasteiger partial charge in [0.1, 0.15) is 0 Å². The van der Waals surface area contributed by atoms with Crippen LogP contribution in [0.1, 0.15) is 31.2 Å². The van der Waals surface area contributed by atoms with E-state index in [2.05, 4.69) is 43.1 Å². The van der Waals surface area contributed by atoms with E-state index in [-0.39, 0.29) is 6.42 Å². The molecule has 0 aliphatic rings. The summed E-state index contributed by atoms with van der Waals surface area (Å²) in [5.41, 5.74) is 2.49.